The molecule has 0 spiro atoms. The molecule has 0 radical (unpaired) electrons. The van der Waals surface area contributed by atoms with Gasteiger partial charge in [-0.3, -0.25) is 9.69 Å². The summed E-state index contributed by atoms with van der Waals surface area (Å²) in [6.45, 7) is 5.71. The lowest BCUT2D eigenvalue weighted by atomic mass is 10.1. The Morgan fingerprint density at radius 1 is 1.00 bits per heavy atom. The highest BCUT2D eigenvalue weighted by Crippen LogP contribution is 2.29. The number of anilines is 4. The highest BCUT2D eigenvalue weighted by atomic mass is 16.2. The minimum atomic E-state index is -0.638. The topological polar surface area (TPSA) is 123 Å². The fourth-order valence-corrected chi connectivity index (χ4v) is 5.08. The van der Waals surface area contributed by atoms with Gasteiger partial charge in [-0.15, -0.1) is 0 Å². The molecule has 37 heavy (non-hydrogen) atoms. The molecule has 11 heteroatoms. The SMILES string of the molecule is CN(C)C(=O)N[C@@H]1CCCN(c2cnc(C(N)=O)c(Nc3ccc(N4CCN(C5CC5)CC4)cc3)n2)C1. The third kappa shape index (κ3) is 6.04. The lowest BCUT2D eigenvalue weighted by Gasteiger charge is -2.36. The second kappa shape index (κ2) is 10.8. The van der Waals surface area contributed by atoms with E-state index in [4.69, 9.17) is 10.7 Å². The third-order valence-electron chi connectivity index (χ3n) is 7.35. The largest absolute Gasteiger partial charge is 0.369 e. The van der Waals surface area contributed by atoms with Gasteiger partial charge in [-0.2, -0.15) is 0 Å². The van der Waals surface area contributed by atoms with Gasteiger partial charge >= 0.3 is 6.03 Å². The van der Waals surface area contributed by atoms with E-state index in [9.17, 15) is 9.59 Å². The van der Waals surface area contributed by atoms with Crippen molar-refractivity contribution in [3.05, 3.63) is 36.2 Å². The Morgan fingerprint density at radius 2 is 1.73 bits per heavy atom. The van der Waals surface area contributed by atoms with Crippen molar-refractivity contribution in [2.45, 2.75) is 37.8 Å². The average molecular weight is 508 g/mol. The van der Waals surface area contributed by atoms with Crippen LogP contribution in [0.25, 0.3) is 0 Å². The number of piperazine rings is 1. The summed E-state index contributed by atoms with van der Waals surface area (Å²) in [7, 11) is 3.45. The molecule has 3 amide bonds. The van der Waals surface area contributed by atoms with E-state index in [0.717, 1.165) is 57.3 Å². The standard InChI is InChI=1S/C26H37N9O2/c1-32(2)26(37)30-19-4-3-11-35(17-19)22-16-28-23(24(27)36)25(31-22)29-18-5-7-20(8-6-18)33-12-14-34(15-13-33)21-9-10-21/h5-8,16,19,21H,3-4,9-15,17H2,1-2H3,(H2,27,36)(H,29,31)(H,30,37)/t19-/m1/s1. The molecule has 0 bridgehead atoms. The summed E-state index contributed by atoms with van der Waals surface area (Å²) in [5, 5.41) is 6.29. The Balaban J connectivity index is 1.26. The first-order chi connectivity index (χ1) is 17.9. The zero-order chi connectivity index (χ0) is 25.9. The second-order valence-corrected chi connectivity index (χ2v) is 10.3. The van der Waals surface area contributed by atoms with E-state index in [2.05, 4.69) is 42.5 Å². The number of carbonyl (C=O) groups is 2. The first-order valence-corrected chi connectivity index (χ1v) is 13.1. The molecule has 1 aromatic heterocycles. The zero-order valence-corrected chi connectivity index (χ0v) is 21.7. The first kappa shape index (κ1) is 25.1. The number of nitrogens with zero attached hydrogens (tertiary/aromatic N) is 6. The number of urea groups is 1. The van der Waals surface area contributed by atoms with Crippen LogP contribution in [0.4, 0.5) is 27.8 Å². The number of primary amides is 1. The van der Waals surface area contributed by atoms with Gasteiger partial charge in [0, 0.05) is 76.8 Å². The molecule has 11 nitrogen and oxygen atoms in total. The number of benzene rings is 1. The van der Waals surface area contributed by atoms with Crippen molar-refractivity contribution in [3.8, 4) is 0 Å². The molecule has 2 aliphatic heterocycles. The molecule has 2 saturated heterocycles. The first-order valence-electron chi connectivity index (χ1n) is 13.1. The summed E-state index contributed by atoms with van der Waals surface area (Å²) < 4.78 is 0. The maximum atomic E-state index is 12.1. The van der Waals surface area contributed by atoms with Crippen LogP contribution in [0.15, 0.2) is 30.5 Å². The van der Waals surface area contributed by atoms with E-state index in [1.54, 1.807) is 20.3 Å². The van der Waals surface area contributed by atoms with E-state index in [-0.39, 0.29) is 17.8 Å². The van der Waals surface area contributed by atoms with Crippen molar-refractivity contribution >= 4 is 34.9 Å². The fraction of sp³-hybridized carbons (Fsp3) is 0.538. The number of aromatic nitrogens is 2. The van der Waals surface area contributed by atoms with Crippen LogP contribution in [0.5, 0.6) is 0 Å². The van der Waals surface area contributed by atoms with Crippen LogP contribution in [-0.2, 0) is 0 Å². The Kier molecular flexibility index (Phi) is 7.31. The molecule has 3 aliphatic rings. The molecule has 1 saturated carbocycles. The smallest absolute Gasteiger partial charge is 0.317 e. The van der Waals surface area contributed by atoms with Gasteiger partial charge in [0.1, 0.15) is 5.82 Å². The molecule has 1 atom stereocenters. The van der Waals surface area contributed by atoms with Gasteiger partial charge < -0.3 is 31.1 Å². The molecular weight excluding hydrogens is 470 g/mol. The summed E-state index contributed by atoms with van der Waals surface area (Å²) in [5.74, 6) is 0.332. The van der Waals surface area contributed by atoms with Crippen LogP contribution >= 0.6 is 0 Å². The Bertz CT molecular complexity index is 1110. The van der Waals surface area contributed by atoms with Gasteiger partial charge in [0.15, 0.2) is 11.5 Å². The lowest BCUT2D eigenvalue weighted by molar-refractivity contribution is 0.0996. The number of rotatable bonds is 7. The van der Waals surface area contributed by atoms with E-state index in [1.165, 1.54) is 23.4 Å². The van der Waals surface area contributed by atoms with Gasteiger partial charge in [0.05, 0.1) is 6.20 Å². The monoisotopic (exact) mass is 507 g/mol. The van der Waals surface area contributed by atoms with E-state index >= 15 is 0 Å². The highest BCUT2D eigenvalue weighted by molar-refractivity contribution is 5.96. The van der Waals surface area contributed by atoms with Crippen LogP contribution in [0, 0.1) is 0 Å². The van der Waals surface area contributed by atoms with E-state index in [0.29, 0.717) is 18.2 Å². The molecule has 3 fully saturated rings. The summed E-state index contributed by atoms with van der Waals surface area (Å²) in [6, 6.07) is 8.90. The molecule has 5 rings (SSSR count). The fourth-order valence-electron chi connectivity index (χ4n) is 5.08. The van der Waals surface area contributed by atoms with Gasteiger partial charge in [0.25, 0.3) is 5.91 Å². The van der Waals surface area contributed by atoms with Crippen molar-refractivity contribution in [1.82, 2.24) is 25.1 Å². The van der Waals surface area contributed by atoms with Crippen molar-refractivity contribution in [2.24, 2.45) is 5.73 Å². The molecule has 198 valence electrons. The lowest BCUT2D eigenvalue weighted by Crippen LogP contribution is -2.50. The number of nitrogens with one attached hydrogen (secondary N) is 2. The number of amides is 3. The molecule has 3 heterocycles. The molecule has 0 unspecified atom stereocenters. The van der Waals surface area contributed by atoms with Crippen LogP contribution in [0.3, 0.4) is 0 Å². The summed E-state index contributed by atoms with van der Waals surface area (Å²) >= 11 is 0. The molecule has 1 aliphatic carbocycles. The van der Waals surface area contributed by atoms with Crippen molar-refractivity contribution in [1.29, 1.82) is 0 Å². The normalized spacial score (nSPS) is 20.4. The van der Waals surface area contributed by atoms with Crippen LogP contribution in [0.1, 0.15) is 36.2 Å². The molecule has 1 aromatic carbocycles. The third-order valence-corrected chi connectivity index (χ3v) is 7.35. The molecule has 2 aromatic rings. The quantitative estimate of drug-likeness (QED) is 0.519. The van der Waals surface area contributed by atoms with Crippen molar-refractivity contribution < 1.29 is 9.59 Å². The number of nitrogens with two attached hydrogens (primary N) is 1. The van der Waals surface area contributed by atoms with Gasteiger partial charge in [0.2, 0.25) is 0 Å². The average Bonchev–Trinajstić information content (AvgIpc) is 3.75. The highest BCUT2D eigenvalue weighted by Gasteiger charge is 2.31. The van der Waals surface area contributed by atoms with Crippen LogP contribution < -0.4 is 26.2 Å². The number of piperidine rings is 1. The predicted molar refractivity (Wildman–Crippen MR) is 145 cm³/mol. The molecule has 4 N–H and O–H groups in total. The minimum absolute atomic E-state index is 0.0105. The maximum Gasteiger partial charge on any atom is 0.317 e. The van der Waals surface area contributed by atoms with Gasteiger partial charge in [-0.05, 0) is 49.9 Å². The second-order valence-electron chi connectivity index (χ2n) is 10.3. The minimum Gasteiger partial charge on any atom is -0.369 e. The number of carbonyl (C=O) groups excluding carboxylic acids is 2. The maximum absolute atomic E-state index is 12.1. The van der Waals surface area contributed by atoms with Gasteiger partial charge in [-0.25, -0.2) is 14.8 Å². The van der Waals surface area contributed by atoms with Crippen LogP contribution in [-0.4, -0.2) is 97.2 Å². The number of hydrogen-bond donors (Lipinski definition) is 3. The van der Waals surface area contributed by atoms with Gasteiger partial charge in [-0.1, -0.05) is 0 Å². The summed E-state index contributed by atoms with van der Waals surface area (Å²) in [5.41, 5.74) is 7.70. The van der Waals surface area contributed by atoms with Crippen LogP contribution in [0.2, 0.25) is 0 Å². The Morgan fingerprint density at radius 3 is 2.38 bits per heavy atom. The number of hydrogen-bond acceptors (Lipinski definition) is 8. The van der Waals surface area contributed by atoms with Crippen molar-refractivity contribution in [3.63, 3.8) is 0 Å². The predicted octanol–water partition coefficient (Wildman–Crippen LogP) is 1.84. The summed E-state index contributed by atoms with van der Waals surface area (Å²) in [6.07, 6.45) is 6.09. The Labute approximate surface area is 218 Å². The van der Waals surface area contributed by atoms with E-state index < -0.39 is 5.91 Å². The molecular formula is C26H37N9O2. The zero-order valence-electron chi connectivity index (χ0n) is 21.7. The Hall–Kier alpha value is -3.60. The summed E-state index contributed by atoms with van der Waals surface area (Å²) in [4.78, 5) is 41.9. The van der Waals surface area contributed by atoms with Crippen molar-refractivity contribution in [2.75, 3.05) is 68.5 Å². The van der Waals surface area contributed by atoms with E-state index in [1.807, 2.05) is 12.1 Å².